The van der Waals surface area contributed by atoms with Crippen LogP contribution in [0.4, 0.5) is 0 Å². The van der Waals surface area contributed by atoms with Crippen molar-refractivity contribution in [1.82, 2.24) is 9.03 Å². The van der Waals surface area contributed by atoms with E-state index >= 15 is 0 Å². The third kappa shape index (κ3) is 3.42. The zero-order valence-electron chi connectivity index (χ0n) is 10.2. The zero-order valence-corrected chi connectivity index (χ0v) is 11.0. The number of nitrogens with one attached hydrogen (secondary N) is 1. The van der Waals surface area contributed by atoms with Crippen LogP contribution in [0.2, 0.25) is 0 Å². The summed E-state index contributed by atoms with van der Waals surface area (Å²) >= 11 is 0. The van der Waals surface area contributed by atoms with Gasteiger partial charge in [0.05, 0.1) is 0 Å². The molecule has 0 amide bonds. The second kappa shape index (κ2) is 5.48. The van der Waals surface area contributed by atoms with Gasteiger partial charge in [0.1, 0.15) is 5.75 Å². The first-order valence-corrected chi connectivity index (χ1v) is 6.84. The summed E-state index contributed by atoms with van der Waals surface area (Å²) in [6.07, 6.45) is 0. The first-order valence-electron chi connectivity index (χ1n) is 5.40. The molecule has 2 N–H and O–H groups in total. The molecule has 0 aromatic heterocycles. The first kappa shape index (κ1) is 14.0. The van der Waals surface area contributed by atoms with Crippen molar-refractivity contribution in [2.45, 2.75) is 19.9 Å². The lowest BCUT2D eigenvalue weighted by Crippen LogP contribution is -2.39. The lowest BCUT2D eigenvalue weighted by atomic mass is 10.1. The van der Waals surface area contributed by atoms with Gasteiger partial charge in [-0.25, -0.2) is 4.72 Å². The van der Waals surface area contributed by atoms with Gasteiger partial charge in [-0.2, -0.15) is 12.7 Å². The smallest absolute Gasteiger partial charge is 0.279 e. The normalized spacial score (nSPS) is 13.9. The number of phenols is 1. The molecular formula is C11H18N2O3S. The van der Waals surface area contributed by atoms with Gasteiger partial charge in [0.2, 0.25) is 0 Å². The first-order chi connectivity index (χ1) is 7.88. The van der Waals surface area contributed by atoms with Crippen molar-refractivity contribution < 1.29 is 13.5 Å². The van der Waals surface area contributed by atoms with Gasteiger partial charge in [-0.1, -0.05) is 19.1 Å². The predicted octanol–water partition coefficient (Wildman–Crippen LogP) is 1.24. The number of benzene rings is 1. The predicted molar refractivity (Wildman–Crippen MR) is 66.9 cm³/mol. The van der Waals surface area contributed by atoms with E-state index in [9.17, 15) is 13.5 Å². The summed E-state index contributed by atoms with van der Waals surface area (Å²) in [6, 6.07) is 6.20. The molecule has 0 saturated heterocycles. The molecule has 1 atom stereocenters. The van der Waals surface area contributed by atoms with E-state index in [0.29, 0.717) is 6.54 Å². The van der Waals surface area contributed by atoms with Crippen molar-refractivity contribution in [3.8, 4) is 5.75 Å². The van der Waals surface area contributed by atoms with E-state index in [2.05, 4.69) is 4.72 Å². The molecule has 0 fully saturated rings. The standard InChI is InChI=1S/C11H18N2O3S/c1-4-12-17(15,16)13(3)9(2)10-5-7-11(14)8-6-10/h5-9,12,14H,4H2,1-3H3. The lowest BCUT2D eigenvalue weighted by Gasteiger charge is -2.24. The number of rotatable bonds is 5. The molecule has 1 unspecified atom stereocenters. The highest BCUT2D eigenvalue weighted by Gasteiger charge is 2.23. The summed E-state index contributed by atoms with van der Waals surface area (Å²) < 4.78 is 27.3. The Hall–Kier alpha value is -1.11. The van der Waals surface area contributed by atoms with Crippen LogP contribution in [0.3, 0.4) is 0 Å². The minimum absolute atomic E-state index is 0.165. The average Bonchev–Trinajstić information content (AvgIpc) is 2.28. The van der Waals surface area contributed by atoms with Crippen LogP contribution in [0.1, 0.15) is 25.5 Å². The Morgan fingerprint density at radius 2 is 1.88 bits per heavy atom. The van der Waals surface area contributed by atoms with Crippen LogP contribution in [0.25, 0.3) is 0 Å². The molecule has 6 heteroatoms. The second-order valence-corrected chi connectivity index (χ2v) is 5.60. The van der Waals surface area contributed by atoms with E-state index in [4.69, 9.17) is 0 Å². The van der Waals surface area contributed by atoms with Gasteiger partial charge in [-0.05, 0) is 24.6 Å². The molecule has 5 nitrogen and oxygen atoms in total. The van der Waals surface area contributed by atoms with Gasteiger partial charge >= 0.3 is 0 Å². The van der Waals surface area contributed by atoms with Crippen molar-refractivity contribution in [1.29, 1.82) is 0 Å². The van der Waals surface area contributed by atoms with E-state index in [1.807, 2.05) is 0 Å². The number of hydrogen-bond donors (Lipinski definition) is 2. The van der Waals surface area contributed by atoms with E-state index < -0.39 is 10.2 Å². The zero-order chi connectivity index (χ0) is 13.1. The molecule has 0 spiro atoms. The molecular weight excluding hydrogens is 240 g/mol. The average molecular weight is 258 g/mol. The molecule has 17 heavy (non-hydrogen) atoms. The topological polar surface area (TPSA) is 69.6 Å². The summed E-state index contributed by atoms with van der Waals surface area (Å²) in [6.45, 7) is 3.88. The van der Waals surface area contributed by atoms with Gasteiger partial charge in [-0.3, -0.25) is 0 Å². The summed E-state index contributed by atoms with van der Waals surface area (Å²) in [7, 11) is -1.92. The van der Waals surface area contributed by atoms with Crippen molar-refractivity contribution in [3.63, 3.8) is 0 Å². The number of phenolic OH excluding ortho intramolecular Hbond substituents is 1. The molecule has 0 saturated carbocycles. The van der Waals surface area contributed by atoms with Crippen molar-refractivity contribution in [2.24, 2.45) is 0 Å². The van der Waals surface area contributed by atoms with Crippen molar-refractivity contribution in [2.75, 3.05) is 13.6 Å². The summed E-state index contributed by atoms with van der Waals surface area (Å²) in [5, 5.41) is 9.18. The monoisotopic (exact) mass is 258 g/mol. The van der Waals surface area contributed by atoms with Crippen LogP contribution in [-0.4, -0.2) is 31.4 Å². The van der Waals surface area contributed by atoms with Gasteiger partial charge < -0.3 is 5.11 Å². The van der Waals surface area contributed by atoms with Gasteiger partial charge in [0.25, 0.3) is 10.2 Å². The number of nitrogens with zero attached hydrogens (tertiary/aromatic N) is 1. The lowest BCUT2D eigenvalue weighted by molar-refractivity contribution is 0.391. The summed E-state index contributed by atoms with van der Waals surface area (Å²) in [5.74, 6) is 0.165. The molecule has 1 aromatic rings. The molecule has 0 aliphatic carbocycles. The van der Waals surface area contributed by atoms with Crippen LogP contribution in [0.15, 0.2) is 24.3 Å². The fourth-order valence-electron chi connectivity index (χ4n) is 1.46. The van der Waals surface area contributed by atoms with Crippen LogP contribution in [-0.2, 0) is 10.2 Å². The minimum Gasteiger partial charge on any atom is -0.508 e. The fraction of sp³-hybridized carbons (Fsp3) is 0.455. The van der Waals surface area contributed by atoms with Gasteiger partial charge in [-0.15, -0.1) is 0 Å². The fourth-order valence-corrected chi connectivity index (χ4v) is 2.56. The molecule has 0 radical (unpaired) electrons. The highest BCUT2D eigenvalue weighted by molar-refractivity contribution is 7.87. The van der Waals surface area contributed by atoms with Gasteiger partial charge in [0.15, 0.2) is 0 Å². The Labute approximate surface area is 102 Å². The Kier molecular flexibility index (Phi) is 4.50. The number of aromatic hydroxyl groups is 1. The van der Waals surface area contributed by atoms with Crippen LogP contribution >= 0.6 is 0 Å². The number of hydrogen-bond acceptors (Lipinski definition) is 3. The van der Waals surface area contributed by atoms with Gasteiger partial charge in [0, 0.05) is 19.6 Å². The highest BCUT2D eigenvalue weighted by atomic mass is 32.2. The third-order valence-electron chi connectivity index (χ3n) is 2.63. The van der Waals surface area contributed by atoms with E-state index in [-0.39, 0.29) is 11.8 Å². The van der Waals surface area contributed by atoms with E-state index in [1.165, 1.54) is 11.4 Å². The molecule has 0 heterocycles. The maximum absolute atomic E-state index is 11.8. The largest absolute Gasteiger partial charge is 0.508 e. The molecule has 0 aliphatic heterocycles. The minimum atomic E-state index is -3.45. The molecule has 1 rings (SSSR count). The second-order valence-electron chi connectivity index (χ2n) is 3.79. The molecule has 96 valence electrons. The SMILES string of the molecule is CCNS(=O)(=O)N(C)C(C)c1ccc(O)cc1. The quantitative estimate of drug-likeness (QED) is 0.835. The van der Waals surface area contributed by atoms with E-state index in [0.717, 1.165) is 5.56 Å². The summed E-state index contributed by atoms with van der Waals surface area (Å²) in [5.41, 5.74) is 0.826. The Bertz CT molecular complexity index is 456. The van der Waals surface area contributed by atoms with E-state index in [1.54, 1.807) is 38.1 Å². The molecule has 1 aromatic carbocycles. The highest BCUT2D eigenvalue weighted by Crippen LogP contribution is 2.22. The molecule has 0 aliphatic rings. The van der Waals surface area contributed by atoms with Crippen LogP contribution < -0.4 is 4.72 Å². The molecule has 0 bridgehead atoms. The maximum Gasteiger partial charge on any atom is 0.279 e. The Morgan fingerprint density at radius 3 is 2.35 bits per heavy atom. The Morgan fingerprint density at radius 1 is 1.35 bits per heavy atom. The summed E-state index contributed by atoms with van der Waals surface area (Å²) in [4.78, 5) is 0. The maximum atomic E-state index is 11.8. The Balaban J connectivity index is 2.90. The van der Waals surface area contributed by atoms with Crippen molar-refractivity contribution in [3.05, 3.63) is 29.8 Å². The van der Waals surface area contributed by atoms with Crippen molar-refractivity contribution >= 4 is 10.2 Å². The van der Waals surface area contributed by atoms with Crippen LogP contribution in [0.5, 0.6) is 5.75 Å². The third-order valence-corrected chi connectivity index (χ3v) is 4.35. The van der Waals surface area contributed by atoms with Crippen LogP contribution in [0, 0.1) is 0 Å².